The van der Waals surface area contributed by atoms with E-state index in [1.54, 1.807) is 11.3 Å². The maximum atomic E-state index is 12.6. The van der Waals surface area contributed by atoms with E-state index in [-0.39, 0.29) is 5.91 Å². The Morgan fingerprint density at radius 3 is 2.62 bits per heavy atom. The molecule has 0 atom stereocenters. The van der Waals surface area contributed by atoms with Crippen LogP contribution < -0.4 is 0 Å². The van der Waals surface area contributed by atoms with Crippen LogP contribution >= 0.6 is 11.3 Å². The molecule has 0 radical (unpaired) electrons. The lowest BCUT2D eigenvalue weighted by molar-refractivity contribution is -0.131. The van der Waals surface area contributed by atoms with Gasteiger partial charge in [0.25, 0.3) is 0 Å². The van der Waals surface area contributed by atoms with Crippen LogP contribution in [0.25, 0.3) is 10.2 Å². The van der Waals surface area contributed by atoms with Crippen molar-refractivity contribution in [1.82, 2.24) is 9.88 Å². The van der Waals surface area contributed by atoms with Crippen LogP contribution in [0.4, 0.5) is 0 Å². The molecule has 0 aliphatic rings. The first-order valence-electron chi connectivity index (χ1n) is 8.34. The standard InChI is InChI=1S/C20H22N2OS/c1-3-22(14-16-9-5-4-8-15(16)2)20(23)13-12-19-21-17-10-6-7-11-18(17)24-19/h4-11H,3,12-14H2,1-2H3. The van der Waals surface area contributed by atoms with E-state index in [1.807, 2.05) is 42.2 Å². The zero-order valence-corrected chi connectivity index (χ0v) is 15.0. The molecule has 0 saturated carbocycles. The summed E-state index contributed by atoms with van der Waals surface area (Å²) in [4.78, 5) is 19.1. The fraction of sp³-hybridized carbons (Fsp3) is 0.300. The van der Waals surface area contributed by atoms with Crippen LogP contribution in [0.5, 0.6) is 0 Å². The van der Waals surface area contributed by atoms with Crippen LogP contribution in [0.15, 0.2) is 48.5 Å². The SMILES string of the molecule is CCN(Cc1ccccc1C)C(=O)CCc1nc2ccccc2s1. The molecule has 0 fully saturated rings. The lowest BCUT2D eigenvalue weighted by atomic mass is 10.1. The van der Waals surface area contributed by atoms with E-state index in [0.717, 1.165) is 17.1 Å². The number of hydrogen-bond acceptors (Lipinski definition) is 3. The van der Waals surface area contributed by atoms with Crippen molar-refractivity contribution in [3.05, 3.63) is 64.7 Å². The summed E-state index contributed by atoms with van der Waals surface area (Å²) in [5, 5.41) is 1.04. The molecule has 1 aromatic heterocycles. The molecule has 0 bridgehead atoms. The van der Waals surface area contributed by atoms with Gasteiger partial charge in [0.05, 0.1) is 15.2 Å². The number of hydrogen-bond donors (Lipinski definition) is 0. The van der Waals surface area contributed by atoms with Gasteiger partial charge in [-0.25, -0.2) is 4.98 Å². The van der Waals surface area contributed by atoms with Gasteiger partial charge in [-0.3, -0.25) is 4.79 Å². The smallest absolute Gasteiger partial charge is 0.223 e. The number of fused-ring (bicyclic) bond motifs is 1. The number of carbonyl (C=O) groups is 1. The Bertz CT molecular complexity index is 807. The van der Waals surface area contributed by atoms with Gasteiger partial charge in [0.15, 0.2) is 0 Å². The van der Waals surface area contributed by atoms with Gasteiger partial charge in [0.2, 0.25) is 5.91 Å². The third-order valence-corrected chi connectivity index (χ3v) is 5.34. The molecular weight excluding hydrogens is 316 g/mol. The van der Waals surface area contributed by atoms with Crippen molar-refractivity contribution in [2.45, 2.75) is 33.2 Å². The summed E-state index contributed by atoms with van der Waals surface area (Å²) >= 11 is 1.68. The summed E-state index contributed by atoms with van der Waals surface area (Å²) in [6.07, 6.45) is 1.22. The Morgan fingerprint density at radius 2 is 1.88 bits per heavy atom. The van der Waals surface area contributed by atoms with Gasteiger partial charge in [-0.15, -0.1) is 11.3 Å². The highest BCUT2D eigenvalue weighted by Gasteiger charge is 2.14. The maximum absolute atomic E-state index is 12.6. The van der Waals surface area contributed by atoms with Crippen molar-refractivity contribution < 1.29 is 4.79 Å². The normalized spacial score (nSPS) is 10.9. The number of thiazole rings is 1. The van der Waals surface area contributed by atoms with Gasteiger partial charge < -0.3 is 4.90 Å². The fourth-order valence-corrected chi connectivity index (χ4v) is 3.74. The molecule has 1 heterocycles. The van der Waals surface area contributed by atoms with Gasteiger partial charge in [0.1, 0.15) is 0 Å². The minimum absolute atomic E-state index is 0.194. The first-order chi connectivity index (χ1) is 11.7. The Hall–Kier alpha value is -2.20. The van der Waals surface area contributed by atoms with Crippen LogP contribution in [0.1, 0.15) is 29.5 Å². The van der Waals surface area contributed by atoms with Crippen molar-refractivity contribution in [3.63, 3.8) is 0 Å². The third-order valence-electron chi connectivity index (χ3n) is 4.25. The molecule has 3 rings (SSSR count). The molecule has 0 saturated heterocycles. The Kier molecular flexibility index (Phi) is 5.26. The van der Waals surface area contributed by atoms with Crippen molar-refractivity contribution in [2.75, 3.05) is 6.54 Å². The molecule has 24 heavy (non-hydrogen) atoms. The highest BCUT2D eigenvalue weighted by molar-refractivity contribution is 7.18. The van der Waals surface area contributed by atoms with Crippen LogP contribution in [0, 0.1) is 6.92 Å². The first-order valence-corrected chi connectivity index (χ1v) is 9.15. The summed E-state index contributed by atoms with van der Waals surface area (Å²) in [5.41, 5.74) is 3.47. The van der Waals surface area contributed by atoms with Gasteiger partial charge in [0, 0.05) is 25.9 Å². The zero-order valence-electron chi connectivity index (χ0n) is 14.2. The zero-order chi connectivity index (χ0) is 16.9. The minimum atomic E-state index is 0.194. The number of aromatic nitrogens is 1. The molecule has 2 aromatic carbocycles. The molecule has 0 N–H and O–H groups in total. The van der Waals surface area contributed by atoms with E-state index in [0.29, 0.717) is 19.4 Å². The molecule has 0 spiro atoms. The molecular formula is C20H22N2OS. The van der Waals surface area contributed by atoms with E-state index in [1.165, 1.54) is 15.8 Å². The summed E-state index contributed by atoms with van der Waals surface area (Å²) in [7, 11) is 0. The molecule has 4 heteroatoms. The molecule has 3 nitrogen and oxygen atoms in total. The van der Waals surface area contributed by atoms with E-state index >= 15 is 0 Å². The lowest BCUT2D eigenvalue weighted by Crippen LogP contribution is -2.30. The maximum Gasteiger partial charge on any atom is 0.223 e. The quantitative estimate of drug-likeness (QED) is 0.659. The second-order valence-corrected chi connectivity index (χ2v) is 7.02. The highest BCUT2D eigenvalue weighted by Crippen LogP contribution is 2.22. The van der Waals surface area contributed by atoms with Crippen molar-refractivity contribution in [3.8, 4) is 0 Å². The summed E-state index contributed by atoms with van der Waals surface area (Å²) in [6.45, 7) is 5.54. The summed E-state index contributed by atoms with van der Waals surface area (Å²) < 4.78 is 1.19. The second-order valence-electron chi connectivity index (χ2n) is 5.91. The number of nitrogens with zero attached hydrogens (tertiary/aromatic N) is 2. The average molecular weight is 338 g/mol. The third kappa shape index (κ3) is 3.82. The van der Waals surface area contributed by atoms with E-state index in [9.17, 15) is 4.79 Å². The molecule has 0 unspecified atom stereocenters. The summed E-state index contributed by atoms with van der Waals surface area (Å²) in [6, 6.07) is 16.4. The Labute approximate surface area is 147 Å². The number of aryl methyl sites for hydroxylation is 2. The van der Waals surface area contributed by atoms with Crippen molar-refractivity contribution >= 4 is 27.5 Å². The molecule has 124 valence electrons. The van der Waals surface area contributed by atoms with E-state index in [4.69, 9.17) is 0 Å². The van der Waals surface area contributed by atoms with Crippen LogP contribution in [0.2, 0.25) is 0 Å². The summed E-state index contributed by atoms with van der Waals surface area (Å²) in [5.74, 6) is 0.194. The Balaban J connectivity index is 1.63. The van der Waals surface area contributed by atoms with Gasteiger partial charge in [-0.1, -0.05) is 36.4 Å². The predicted molar refractivity (Wildman–Crippen MR) is 100 cm³/mol. The van der Waals surface area contributed by atoms with Crippen molar-refractivity contribution in [1.29, 1.82) is 0 Å². The number of carbonyl (C=O) groups excluding carboxylic acids is 1. The topological polar surface area (TPSA) is 33.2 Å². The number of amides is 1. The van der Waals surface area contributed by atoms with Crippen LogP contribution in [-0.4, -0.2) is 22.3 Å². The monoisotopic (exact) mass is 338 g/mol. The van der Waals surface area contributed by atoms with E-state index < -0.39 is 0 Å². The number of benzene rings is 2. The van der Waals surface area contributed by atoms with Gasteiger partial charge in [-0.05, 0) is 37.1 Å². The lowest BCUT2D eigenvalue weighted by Gasteiger charge is -2.22. The number of para-hydroxylation sites is 1. The Morgan fingerprint density at radius 1 is 1.12 bits per heavy atom. The van der Waals surface area contributed by atoms with Crippen molar-refractivity contribution in [2.24, 2.45) is 0 Å². The van der Waals surface area contributed by atoms with Crippen LogP contribution in [-0.2, 0) is 17.8 Å². The highest BCUT2D eigenvalue weighted by atomic mass is 32.1. The molecule has 3 aromatic rings. The fourth-order valence-electron chi connectivity index (χ4n) is 2.77. The van der Waals surface area contributed by atoms with Crippen LogP contribution in [0.3, 0.4) is 0 Å². The molecule has 0 aliphatic carbocycles. The van der Waals surface area contributed by atoms with E-state index in [2.05, 4.69) is 30.1 Å². The average Bonchev–Trinajstić information content (AvgIpc) is 3.02. The molecule has 0 aliphatic heterocycles. The number of rotatable bonds is 6. The van der Waals surface area contributed by atoms with Gasteiger partial charge in [-0.2, -0.15) is 0 Å². The first kappa shape index (κ1) is 16.7. The predicted octanol–water partition coefficient (Wildman–Crippen LogP) is 4.59. The second kappa shape index (κ2) is 7.58. The van der Waals surface area contributed by atoms with Gasteiger partial charge >= 0.3 is 0 Å². The molecule has 1 amide bonds. The minimum Gasteiger partial charge on any atom is -0.339 e. The largest absolute Gasteiger partial charge is 0.339 e.